The van der Waals surface area contributed by atoms with Crippen molar-refractivity contribution >= 4 is 24.2 Å². The summed E-state index contributed by atoms with van der Waals surface area (Å²) < 4.78 is 3.10. The van der Waals surface area contributed by atoms with Gasteiger partial charge in [0.25, 0.3) is 0 Å². The van der Waals surface area contributed by atoms with Crippen LogP contribution in [0, 0.1) is 0 Å². The van der Waals surface area contributed by atoms with Crippen molar-refractivity contribution in [1.82, 2.24) is 0 Å². The predicted octanol–water partition coefficient (Wildman–Crippen LogP) is 1.30. The molecule has 0 aromatic rings. The summed E-state index contributed by atoms with van der Waals surface area (Å²) in [6.45, 7) is 4.61. The average molecular weight is 266 g/mol. The molecule has 0 fully saturated rings. The summed E-state index contributed by atoms with van der Waals surface area (Å²) in [5.74, 6) is 0. The molecule has 0 heterocycles. The summed E-state index contributed by atoms with van der Waals surface area (Å²) >= 11 is -0.0463. The third-order valence-corrected chi connectivity index (χ3v) is 5.07. The van der Waals surface area contributed by atoms with Gasteiger partial charge >= 0.3 is 46.0 Å². The Morgan fingerprint density at radius 1 is 1.20 bits per heavy atom. The molecular formula is C4H11Pb. The topological polar surface area (TPSA) is 0 Å². The summed E-state index contributed by atoms with van der Waals surface area (Å²) in [5, 5.41) is 0. The van der Waals surface area contributed by atoms with E-state index in [0.29, 0.717) is 0 Å². The Bertz CT molecular complexity index is 11.1. The van der Waals surface area contributed by atoms with E-state index in [9.17, 15) is 0 Å². The first kappa shape index (κ1) is 5.92. The standard InChI is InChI=1S/2C2H5.Pb.H/c2*1-2;;/h2*1H2,2H3;;. The molecule has 0 rings (SSSR count). The van der Waals surface area contributed by atoms with Gasteiger partial charge in [-0.3, -0.25) is 0 Å². The van der Waals surface area contributed by atoms with Gasteiger partial charge in [-0.25, -0.2) is 0 Å². The number of hydrogen-bond donors (Lipinski definition) is 0. The van der Waals surface area contributed by atoms with Gasteiger partial charge in [0.15, 0.2) is 0 Å². The van der Waals surface area contributed by atoms with E-state index in [4.69, 9.17) is 0 Å². The summed E-state index contributed by atoms with van der Waals surface area (Å²) in [7, 11) is 0. The van der Waals surface area contributed by atoms with Crippen molar-refractivity contribution in [3.63, 3.8) is 0 Å². The summed E-state index contributed by atoms with van der Waals surface area (Å²) in [6.07, 6.45) is 0. The fourth-order valence-electron chi connectivity index (χ4n) is 0.289. The molecule has 0 amide bonds. The fourth-order valence-corrected chi connectivity index (χ4v) is 2.53. The molecule has 0 aliphatic carbocycles. The SMILES string of the molecule is C[CH2][PbH][CH2]C. The van der Waals surface area contributed by atoms with Crippen molar-refractivity contribution in [3.05, 3.63) is 0 Å². The third-order valence-electron chi connectivity index (χ3n) is 0.577. The van der Waals surface area contributed by atoms with Gasteiger partial charge in [-0.05, 0) is 0 Å². The molecular weight excluding hydrogens is 255 g/mol. The Balaban J connectivity index is 2.19. The van der Waals surface area contributed by atoms with Crippen LogP contribution in [0.25, 0.3) is 0 Å². The summed E-state index contributed by atoms with van der Waals surface area (Å²) in [6, 6.07) is 0. The van der Waals surface area contributed by atoms with Crippen molar-refractivity contribution in [2.24, 2.45) is 0 Å². The van der Waals surface area contributed by atoms with Gasteiger partial charge in [0.2, 0.25) is 0 Å². The summed E-state index contributed by atoms with van der Waals surface area (Å²) in [4.78, 5) is 0. The van der Waals surface area contributed by atoms with Crippen LogP contribution in [0.5, 0.6) is 0 Å². The van der Waals surface area contributed by atoms with Crippen molar-refractivity contribution in [3.8, 4) is 0 Å². The van der Waals surface area contributed by atoms with Crippen LogP contribution in [0.15, 0.2) is 0 Å². The van der Waals surface area contributed by atoms with Crippen molar-refractivity contribution in [2.45, 2.75) is 21.8 Å². The molecule has 1 radical (unpaired) electrons. The van der Waals surface area contributed by atoms with Crippen LogP contribution in [-0.4, -0.2) is 24.2 Å². The maximum absolute atomic E-state index is 2.30. The molecule has 5 heavy (non-hydrogen) atoms. The van der Waals surface area contributed by atoms with E-state index < -0.39 is 0 Å². The van der Waals surface area contributed by atoms with Gasteiger partial charge in [0.05, 0.1) is 0 Å². The Kier molecular flexibility index (Phi) is 5.83. The first-order chi connectivity index (χ1) is 2.41. The van der Waals surface area contributed by atoms with E-state index >= 15 is 0 Å². The first-order valence-electron chi connectivity index (χ1n) is 2.23. The van der Waals surface area contributed by atoms with E-state index in [1.807, 2.05) is 0 Å². The van der Waals surface area contributed by atoms with Crippen molar-refractivity contribution in [2.75, 3.05) is 0 Å². The second-order valence-electron chi connectivity index (χ2n) is 1.11. The summed E-state index contributed by atoms with van der Waals surface area (Å²) in [5.41, 5.74) is 0. The van der Waals surface area contributed by atoms with Gasteiger partial charge in [-0.2, -0.15) is 0 Å². The molecule has 0 spiro atoms. The van der Waals surface area contributed by atoms with Gasteiger partial charge in [0.1, 0.15) is 0 Å². The molecule has 0 saturated heterocycles. The van der Waals surface area contributed by atoms with E-state index in [1.165, 1.54) is 0 Å². The second kappa shape index (κ2) is 4.92. The van der Waals surface area contributed by atoms with E-state index in [0.717, 1.165) is 0 Å². The van der Waals surface area contributed by atoms with Gasteiger partial charge in [-0.1, -0.05) is 0 Å². The molecule has 1 heteroatoms. The second-order valence-corrected chi connectivity index (χ2v) is 9.70. The maximum atomic E-state index is 2.30. The van der Waals surface area contributed by atoms with Crippen LogP contribution in [0.4, 0.5) is 0 Å². The van der Waals surface area contributed by atoms with Crippen LogP contribution < -0.4 is 0 Å². The number of hydrogen-bond acceptors (Lipinski definition) is 0. The zero-order valence-corrected chi connectivity index (χ0v) is 8.48. The molecule has 0 atom stereocenters. The van der Waals surface area contributed by atoms with E-state index in [-0.39, 0.29) is 24.2 Å². The Morgan fingerprint density at radius 2 is 1.60 bits per heavy atom. The Labute approximate surface area is 46.2 Å². The quantitative estimate of drug-likeness (QED) is 0.661. The number of rotatable bonds is 2. The van der Waals surface area contributed by atoms with Crippen molar-refractivity contribution in [1.29, 1.82) is 0 Å². The molecule has 31 valence electrons. The molecule has 0 bridgehead atoms. The van der Waals surface area contributed by atoms with Crippen molar-refractivity contribution < 1.29 is 0 Å². The van der Waals surface area contributed by atoms with Crippen LogP contribution in [0.2, 0.25) is 7.96 Å². The Morgan fingerprint density at radius 3 is 1.60 bits per heavy atom. The molecule has 0 unspecified atom stereocenters. The minimum atomic E-state index is -0.0463. The van der Waals surface area contributed by atoms with Gasteiger partial charge in [0, 0.05) is 0 Å². The van der Waals surface area contributed by atoms with Crippen LogP contribution >= 0.6 is 0 Å². The fraction of sp³-hybridized carbons (Fsp3) is 1.00. The first-order valence-corrected chi connectivity index (χ1v) is 8.58. The zero-order chi connectivity index (χ0) is 4.12. The minimum absolute atomic E-state index is 0.0463. The molecule has 0 aromatic carbocycles. The van der Waals surface area contributed by atoms with Crippen LogP contribution in [-0.2, 0) is 0 Å². The molecule has 0 N–H and O–H groups in total. The van der Waals surface area contributed by atoms with E-state index in [1.54, 1.807) is 7.96 Å². The normalized spacial score (nSPS) is 8.40. The average Bonchev–Trinajstić information content (AvgIpc) is 1.41. The third kappa shape index (κ3) is 4.92. The molecule has 0 aliphatic rings. The predicted molar refractivity (Wildman–Crippen MR) is 28.1 cm³/mol. The molecule has 0 aromatic heterocycles. The van der Waals surface area contributed by atoms with Crippen LogP contribution in [0.1, 0.15) is 13.8 Å². The van der Waals surface area contributed by atoms with Crippen LogP contribution in [0.3, 0.4) is 0 Å². The monoisotopic (exact) mass is 267 g/mol. The molecule has 0 aliphatic heterocycles. The van der Waals surface area contributed by atoms with E-state index in [2.05, 4.69) is 13.8 Å². The zero-order valence-electron chi connectivity index (χ0n) is 3.99. The molecule has 0 saturated carbocycles. The van der Waals surface area contributed by atoms with Gasteiger partial charge in [-0.15, -0.1) is 0 Å². The Hall–Kier alpha value is 0.922. The van der Waals surface area contributed by atoms with Gasteiger partial charge < -0.3 is 0 Å². The molecule has 0 nitrogen and oxygen atoms in total.